The summed E-state index contributed by atoms with van der Waals surface area (Å²) in [6, 6.07) is 11.0. The number of halogens is 1. The van der Waals surface area contributed by atoms with Gasteiger partial charge in [-0.1, -0.05) is 13.8 Å². The number of amides is 1. The molecule has 8 nitrogen and oxygen atoms in total. The Kier molecular flexibility index (Phi) is 6.69. The number of pyridine rings is 2. The predicted octanol–water partition coefficient (Wildman–Crippen LogP) is 4.87. The molecular formula is C28H30FN5O3. The summed E-state index contributed by atoms with van der Waals surface area (Å²) >= 11 is 0. The summed E-state index contributed by atoms with van der Waals surface area (Å²) in [6.07, 6.45) is 3.38. The van der Waals surface area contributed by atoms with Gasteiger partial charge in [0.05, 0.1) is 19.7 Å². The van der Waals surface area contributed by atoms with Gasteiger partial charge in [0.1, 0.15) is 5.69 Å². The average molecular weight is 504 g/mol. The molecule has 1 fully saturated rings. The number of carbonyl (C=O) groups excluding carboxylic acids is 1. The summed E-state index contributed by atoms with van der Waals surface area (Å²) in [7, 11) is 3.18. The molecular weight excluding hydrogens is 473 g/mol. The van der Waals surface area contributed by atoms with Gasteiger partial charge in [-0.05, 0) is 53.4 Å². The number of carbonyl (C=O) groups is 1. The zero-order valence-corrected chi connectivity index (χ0v) is 21.4. The van der Waals surface area contributed by atoms with Crippen LogP contribution in [-0.2, 0) is 0 Å². The minimum atomic E-state index is -0.345. The molecule has 1 aromatic carbocycles. The SMILES string of the molecule is COc1cccnc1N1CCN(C(=O)c2cc3c(-c4cccnc4OC)cc(C(C)C)c(F)c3[nH]2)CC1. The molecule has 5 rings (SSSR count). The summed E-state index contributed by atoms with van der Waals surface area (Å²) in [5.41, 5.74) is 2.74. The van der Waals surface area contributed by atoms with Gasteiger partial charge in [0.15, 0.2) is 17.4 Å². The number of benzene rings is 1. The topological polar surface area (TPSA) is 83.6 Å². The van der Waals surface area contributed by atoms with Crippen molar-refractivity contribution in [3.05, 3.63) is 65.9 Å². The van der Waals surface area contributed by atoms with Gasteiger partial charge < -0.3 is 24.3 Å². The first-order valence-corrected chi connectivity index (χ1v) is 12.3. The third-order valence-corrected chi connectivity index (χ3v) is 6.82. The molecule has 4 heterocycles. The van der Waals surface area contributed by atoms with E-state index in [1.807, 2.05) is 44.2 Å². The van der Waals surface area contributed by atoms with Crippen molar-refractivity contribution in [3.63, 3.8) is 0 Å². The summed E-state index contributed by atoms with van der Waals surface area (Å²) in [4.78, 5) is 29.3. The second-order valence-corrected chi connectivity index (χ2v) is 9.32. The number of hydrogen-bond acceptors (Lipinski definition) is 6. The number of fused-ring (bicyclic) bond motifs is 1. The Bertz CT molecular complexity index is 1440. The maximum Gasteiger partial charge on any atom is 0.270 e. The Labute approximate surface area is 215 Å². The molecule has 1 amide bonds. The van der Waals surface area contributed by atoms with Crippen LogP contribution in [-0.4, -0.2) is 66.2 Å². The number of ether oxygens (including phenoxy) is 2. The van der Waals surface area contributed by atoms with Gasteiger partial charge in [-0.25, -0.2) is 14.4 Å². The smallest absolute Gasteiger partial charge is 0.270 e. The van der Waals surface area contributed by atoms with E-state index in [0.29, 0.717) is 60.0 Å². The summed E-state index contributed by atoms with van der Waals surface area (Å²) < 4.78 is 26.5. The molecule has 37 heavy (non-hydrogen) atoms. The van der Waals surface area contributed by atoms with Crippen LogP contribution < -0.4 is 14.4 Å². The van der Waals surface area contributed by atoms with E-state index in [1.165, 1.54) is 0 Å². The minimum absolute atomic E-state index is 0.0510. The van der Waals surface area contributed by atoms with E-state index in [4.69, 9.17) is 9.47 Å². The molecule has 0 atom stereocenters. The lowest BCUT2D eigenvalue weighted by Crippen LogP contribution is -2.49. The number of aromatic amines is 1. The predicted molar refractivity (Wildman–Crippen MR) is 141 cm³/mol. The first-order chi connectivity index (χ1) is 17.9. The normalized spacial score (nSPS) is 13.9. The van der Waals surface area contributed by atoms with Crippen LogP contribution in [0.2, 0.25) is 0 Å². The van der Waals surface area contributed by atoms with Crippen molar-refractivity contribution in [1.29, 1.82) is 0 Å². The summed E-state index contributed by atoms with van der Waals surface area (Å²) in [5.74, 6) is 1.35. The monoisotopic (exact) mass is 503 g/mol. The molecule has 0 bridgehead atoms. The van der Waals surface area contributed by atoms with Crippen molar-refractivity contribution in [1.82, 2.24) is 19.9 Å². The Morgan fingerprint density at radius 1 is 1.00 bits per heavy atom. The van der Waals surface area contributed by atoms with Crippen LogP contribution >= 0.6 is 0 Å². The van der Waals surface area contributed by atoms with Crippen molar-refractivity contribution < 1.29 is 18.7 Å². The zero-order chi connectivity index (χ0) is 26.1. The van der Waals surface area contributed by atoms with Crippen LogP contribution in [0.15, 0.2) is 48.8 Å². The van der Waals surface area contributed by atoms with E-state index < -0.39 is 0 Å². The molecule has 4 aromatic rings. The number of methoxy groups -OCH3 is 2. The van der Waals surface area contributed by atoms with E-state index in [9.17, 15) is 4.79 Å². The highest BCUT2D eigenvalue weighted by Gasteiger charge is 2.27. The number of piperazine rings is 1. The number of H-pyrrole nitrogens is 1. The van der Waals surface area contributed by atoms with Gasteiger partial charge >= 0.3 is 0 Å². The lowest BCUT2D eigenvalue weighted by Gasteiger charge is -2.35. The van der Waals surface area contributed by atoms with Crippen LogP contribution in [0.4, 0.5) is 10.2 Å². The summed E-state index contributed by atoms with van der Waals surface area (Å²) in [6.45, 7) is 6.14. The highest BCUT2D eigenvalue weighted by Crippen LogP contribution is 2.38. The molecule has 0 unspecified atom stereocenters. The molecule has 1 aliphatic heterocycles. The Morgan fingerprint density at radius 3 is 2.43 bits per heavy atom. The van der Waals surface area contributed by atoms with E-state index >= 15 is 4.39 Å². The van der Waals surface area contributed by atoms with Crippen molar-refractivity contribution >= 4 is 22.6 Å². The summed E-state index contributed by atoms with van der Waals surface area (Å²) in [5, 5.41) is 0.619. The minimum Gasteiger partial charge on any atom is -0.493 e. The van der Waals surface area contributed by atoms with Crippen LogP contribution in [0.5, 0.6) is 11.6 Å². The van der Waals surface area contributed by atoms with Gasteiger partial charge in [-0.2, -0.15) is 0 Å². The van der Waals surface area contributed by atoms with Crippen molar-refractivity contribution in [2.24, 2.45) is 0 Å². The Hall–Kier alpha value is -4.14. The first kappa shape index (κ1) is 24.5. The molecule has 1 saturated heterocycles. The number of aromatic nitrogens is 3. The second kappa shape index (κ2) is 10.1. The van der Waals surface area contributed by atoms with Crippen LogP contribution in [0.3, 0.4) is 0 Å². The molecule has 9 heteroatoms. The molecule has 0 aliphatic carbocycles. The van der Waals surface area contributed by atoms with Gasteiger partial charge in [0.25, 0.3) is 5.91 Å². The largest absolute Gasteiger partial charge is 0.493 e. The van der Waals surface area contributed by atoms with Crippen LogP contribution in [0, 0.1) is 5.82 Å². The van der Waals surface area contributed by atoms with Crippen molar-refractivity contribution in [3.8, 4) is 22.8 Å². The van der Waals surface area contributed by atoms with E-state index in [-0.39, 0.29) is 17.6 Å². The number of nitrogens with zero attached hydrogens (tertiary/aromatic N) is 4. The maximum absolute atomic E-state index is 15.6. The molecule has 1 N–H and O–H groups in total. The second-order valence-electron chi connectivity index (χ2n) is 9.32. The molecule has 0 spiro atoms. The van der Waals surface area contributed by atoms with Crippen LogP contribution in [0.1, 0.15) is 35.8 Å². The maximum atomic E-state index is 15.6. The molecule has 1 aliphatic rings. The average Bonchev–Trinajstić information content (AvgIpc) is 3.39. The third-order valence-electron chi connectivity index (χ3n) is 6.82. The zero-order valence-electron chi connectivity index (χ0n) is 21.4. The Morgan fingerprint density at radius 2 is 1.73 bits per heavy atom. The third kappa shape index (κ3) is 4.45. The van der Waals surface area contributed by atoms with Crippen molar-refractivity contribution in [2.45, 2.75) is 19.8 Å². The van der Waals surface area contributed by atoms with E-state index in [1.54, 1.807) is 37.6 Å². The van der Waals surface area contributed by atoms with Crippen molar-refractivity contribution in [2.75, 3.05) is 45.3 Å². The molecule has 3 aromatic heterocycles. The molecule has 0 saturated carbocycles. The van der Waals surface area contributed by atoms with Crippen LogP contribution in [0.25, 0.3) is 22.0 Å². The number of anilines is 1. The number of hydrogen-bond donors (Lipinski definition) is 1. The van der Waals surface area contributed by atoms with E-state index in [2.05, 4.69) is 19.9 Å². The van der Waals surface area contributed by atoms with Gasteiger partial charge in [0, 0.05) is 49.5 Å². The quantitative estimate of drug-likeness (QED) is 0.404. The fraction of sp³-hybridized carbons (Fsp3) is 0.321. The standard InChI is InChI=1S/C28H30FN5O3/c1-17(2)19-15-20(18-7-5-10-31-27(18)37-4)21-16-22(32-25(21)24(19)29)28(35)34-13-11-33(12-14-34)26-23(36-3)8-6-9-30-26/h5-10,15-17,32H,11-14H2,1-4H3. The van der Waals surface area contributed by atoms with E-state index in [0.717, 1.165) is 16.9 Å². The van der Waals surface area contributed by atoms with Gasteiger partial charge in [0.2, 0.25) is 5.88 Å². The highest BCUT2D eigenvalue weighted by atomic mass is 19.1. The van der Waals surface area contributed by atoms with Gasteiger partial charge in [-0.15, -0.1) is 0 Å². The first-order valence-electron chi connectivity index (χ1n) is 12.3. The van der Waals surface area contributed by atoms with Gasteiger partial charge in [-0.3, -0.25) is 4.79 Å². The molecule has 192 valence electrons. The fourth-order valence-corrected chi connectivity index (χ4v) is 4.87. The Balaban J connectivity index is 1.48. The fourth-order valence-electron chi connectivity index (χ4n) is 4.87. The number of rotatable bonds is 6. The lowest BCUT2D eigenvalue weighted by atomic mass is 9.94. The number of nitrogens with one attached hydrogen (secondary N) is 1. The lowest BCUT2D eigenvalue weighted by molar-refractivity contribution is 0.0741. The molecule has 0 radical (unpaired) electrons. The highest BCUT2D eigenvalue weighted by molar-refractivity contribution is 6.04.